The van der Waals surface area contributed by atoms with E-state index in [4.69, 9.17) is 14.2 Å². The number of ketones is 1. The molecule has 6 heteroatoms. The van der Waals surface area contributed by atoms with Gasteiger partial charge in [0.1, 0.15) is 5.60 Å². The lowest BCUT2D eigenvalue weighted by molar-refractivity contribution is -0.244. The number of carbonyl (C=O) groups excluding carboxylic acids is 2. The molecule has 0 aromatic rings. The van der Waals surface area contributed by atoms with E-state index in [1.54, 1.807) is 7.11 Å². The maximum atomic E-state index is 13.9. The number of methoxy groups -OCH3 is 1. The summed E-state index contributed by atoms with van der Waals surface area (Å²) in [6.45, 7) is 13.8. The summed E-state index contributed by atoms with van der Waals surface area (Å²) < 4.78 is 17.0. The fraction of sp³-hybridized carbons (Fsp3) is 0.840. The number of esters is 1. The summed E-state index contributed by atoms with van der Waals surface area (Å²) in [6, 6.07) is 0. The van der Waals surface area contributed by atoms with Crippen LogP contribution in [0.15, 0.2) is 11.1 Å². The molecule has 0 amide bonds. The normalized spacial score (nSPS) is 40.2. The molecule has 2 fully saturated rings. The van der Waals surface area contributed by atoms with Crippen LogP contribution in [0.5, 0.6) is 0 Å². The van der Waals surface area contributed by atoms with Gasteiger partial charge in [0.15, 0.2) is 11.9 Å². The van der Waals surface area contributed by atoms with E-state index in [0.717, 1.165) is 24.0 Å². The van der Waals surface area contributed by atoms with Crippen molar-refractivity contribution in [1.29, 1.82) is 0 Å². The van der Waals surface area contributed by atoms with Crippen molar-refractivity contribution in [3.8, 4) is 0 Å². The summed E-state index contributed by atoms with van der Waals surface area (Å²) in [6.07, 6.45) is 2.41. The topological polar surface area (TPSA) is 82.1 Å². The van der Waals surface area contributed by atoms with E-state index in [-0.39, 0.29) is 23.4 Å². The standard InChI is InChI=1S/C25H40O6/c1-9-25(28)11-10-15(2)19(22(25,4)5)20(31-16(3)26)21(27)23(6)13-17(23)12-18-24(7,29-8)14-30-18/h17-18,20,28H,9-14H2,1-8H3. The zero-order chi connectivity index (χ0) is 23.4. The number of hydrogen-bond acceptors (Lipinski definition) is 6. The molecule has 6 unspecified atom stereocenters. The van der Waals surface area contributed by atoms with Gasteiger partial charge in [-0.15, -0.1) is 0 Å². The minimum Gasteiger partial charge on any atom is -0.450 e. The third-order valence-electron chi connectivity index (χ3n) is 8.77. The van der Waals surface area contributed by atoms with Crippen LogP contribution in [0.3, 0.4) is 0 Å². The zero-order valence-electron chi connectivity index (χ0n) is 20.5. The first-order chi connectivity index (χ1) is 14.3. The van der Waals surface area contributed by atoms with E-state index in [1.807, 2.05) is 41.5 Å². The lowest BCUT2D eigenvalue weighted by atomic mass is 9.59. The number of rotatable bonds is 8. The molecule has 1 aliphatic heterocycles. The van der Waals surface area contributed by atoms with Gasteiger partial charge in [0, 0.05) is 24.9 Å². The molecule has 6 atom stereocenters. The second-order valence-corrected chi connectivity index (χ2v) is 10.9. The Morgan fingerprint density at radius 3 is 2.39 bits per heavy atom. The Morgan fingerprint density at radius 1 is 1.26 bits per heavy atom. The molecule has 0 bridgehead atoms. The van der Waals surface area contributed by atoms with E-state index in [2.05, 4.69) is 0 Å². The largest absolute Gasteiger partial charge is 0.450 e. The van der Waals surface area contributed by atoms with Crippen molar-refractivity contribution in [2.45, 2.75) is 104 Å². The fourth-order valence-corrected chi connectivity index (χ4v) is 5.81. The molecule has 31 heavy (non-hydrogen) atoms. The lowest BCUT2D eigenvalue weighted by Crippen LogP contribution is -2.57. The Morgan fingerprint density at radius 2 is 1.90 bits per heavy atom. The SMILES string of the molecule is CCC1(O)CCC(C)=C(C(OC(C)=O)C(=O)C2(C)CC2CC2OCC2(C)OC)C1(C)C. The molecular weight excluding hydrogens is 396 g/mol. The van der Waals surface area contributed by atoms with E-state index in [1.165, 1.54) is 6.92 Å². The van der Waals surface area contributed by atoms with Crippen LogP contribution in [-0.2, 0) is 23.8 Å². The highest BCUT2D eigenvalue weighted by molar-refractivity contribution is 5.95. The molecule has 6 nitrogen and oxygen atoms in total. The Hall–Kier alpha value is -1.24. The van der Waals surface area contributed by atoms with E-state index >= 15 is 0 Å². The first kappa shape index (κ1) is 24.4. The average Bonchev–Trinajstić information content (AvgIpc) is 3.37. The highest BCUT2D eigenvalue weighted by atomic mass is 16.6. The van der Waals surface area contributed by atoms with Gasteiger partial charge in [0.2, 0.25) is 0 Å². The molecule has 176 valence electrons. The van der Waals surface area contributed by atoms with Crippen LogP contribution in [-0.4, -0.2) is 54.0 Å². The van der Waals surface area contributed by atoms with Crippen LogP contribution in [0.4, 0.5) is 0 Å². The van der Waals surface area contributed by atoms with Crippen LogP contribution in [0.1, 0.15) is 80.6 Å². The molecular formula is C25H40O6. The second-order valence-electron chi connectivity index (χ2n) is 10.9. The van der Waals surface area contributed by atoms with Crippen molar-refractivity contribution in [2.75, 3.05) is 13.7 Å². The van der Waals surface area contributed by atoms with Gasteiger partial charge in [-0.05, 0) is 57.4 Å². The van der Waals surface area contributed by atoms with Gasteiger partial charge in [-0.3, -0.25) is 9.59 Å². The van der Waals surface area contributed by atoms with E-state index in [0.29, 0.717) is 25.9 Å². The number of carbonyl (C=O) groups is 2. The lowest BCUT2D eigenvalue weighted by Gasteiger charge is -2.50. The highest BCUT2D eigenvalue weighted by Crippen LogP contribution is 2.60. The van der Waals surface area contributed by atoms with Gasteiger partial charge in [-0.2, -0.15) is 0 Å². The third kappa shape index (κ3) is 3.89. The summed E-state index contributed by atoms with van der Waals surface area (Å²) in [5.74, 6) is -0.375. The Balaban J connectivity index is 1.88. The number of allylic oxidation sites excluding steroid dienone is 1. The Labute approximate surface area is 186 Å². The summed E-state index contributed by atoms with van der Waals surface area (Å²) in [4.78, 5) is 25.9. The number of aliphatic hydroxyl groups is 1. The van der Waals surface area contributed by atoms with Crippen molar-refractivity contribution in [2.24, 2.45) is 16.7 Å². The summed E-state index contributed by atoms with van der Waals surface area (Å²) in [5, 5.41) is 11.4. The van der Waals surface area contributed by atoms with Crippen LogP contribution in [0, 0.1) is 16.7 Å². The smallest absolute Gasteiger partial charge is 0.303 e. The molecule has 0 aromatic carbocycles. The van der Waals surface area contributed by atoms with Crippen LogP contribution >= 0.6 is 0 Å². The predicted molar refractivity (Wildman–Crippen MR) is 118 cm³/mol. The van der Waals surface area contributed by atoms with Gasteiger partial charge >= 0.3 is 5.97 Å². The minimum absolute atomic E-state index is 0.0263. The van der Waals surface area contributed by atoms with Crippen LogP contribution < -0.4 is 0 Å². The maximum Gasteiger partial charge on any atom is 0.303 e. The molecule has 3 aliphatic rings. The molecule has 1 heterocycles. The van der Waals surface area contributed by atoms with Crippen LogP contribution in [0.2, 0.25) is 0 Å². The molecule has 0 radical (unpaired) electrons. The van der Waals surface area contributed by atoms with Gasteiger partial charge in [0.05, 0.1) is 18.3 Å². The van der Waals surface area contributed by atoms with Gasteiger partial charge in [-0.25, -0.2) is 0 Å². The maximum absolute atomic E-state index is 13.9. The third-order valence-corrected chi connectivity index (χ3v) is 8.77. The zero-order valence-corrected chi connectivity index (χ0v) is 20.5. The fourth-order valence-electron chi connectivity index (χ4n) is 5.81. The average molecular weight is 437 g/mol. The monoisotopic (exact) mass is 436 g/mol. The number of ether oxygens (including phenoxy) is 3. The summed E-state index contributed by atoms with van der Waals surface area (Å²) in [7, 11) is 1.69. The van der Waals surface area contributed by atoms with E-state index in [9.17, 15) is 14.7 Å². The molecule has 1 saturated heterocycles. The quantitative estimate of drug-likeness (QED) is 0.458. The van der Waals surface area contributed by atoms with Gasteiger partial charge < -0.3 is 19.3 Å². The molecule has 3 rings (SSSR count). The Bertz CT molecular complexity index is 781. The molecule has 1 N–H and O–H groups in total. The minimum atomic E-state index is -0.961. The van der Waals surface area contributed by atoms with Gasteiger partial charge in [-0.1, -0.05) is 33.3 Å². The molecule has 1 saturated carbocycles. The molecule has 2 aliphatic carbocycles. The molecule has 0 spiro atoms. The second kappa shape index (κ2) is 7.96. The summed E-state index contributed by atoms with van der Waals surface area (Å²) >= 11 is 0. The van der Waals surface area contributed by atoms with Crippen molar-refractivity contribution in [3.63, 3.8) is 0 Å². The molecule has 0 aromatic heterocycles. The first-order valence-electron chi connectivity index (χ1n) is 11.6. The van der Waals surface area contributed by atoms with Crippen molar-refractivity contribution >= 4 is 11.8 Å². The van der Waals surface area contributed by atoms with Crippen LogP contribution in [0.25, 0.3) is 0 Å². The summed E-state index contributed by atoms with van der Waals surface area (Å²) in [5.41, 5.74) is -0.672. The van der Waals surface area contributed by atoms with Crippen molar-refractivity contribution in [3.05, 3.63) is 11.1 Å². The van der Waals surface area contributed by atoms with Gasteiger partial charge in [0.25, 0.3) is 0 Å². The Kier molecular flexibility index (Phi) is 6.27. The highest BCUT2D eigenvalue weighted by Gasteiger charge is 2.62. The van der Waals surface area contributed by atoms with Crippen molar-refractivity contribution in [1.82, 2.24) is 0 Å². The number of Topliss-reactive ketones (excluding diaryl/α,β-unsaturated/α-hetero) is 1. The predicted octanol–water partition coefficient (Wildman–Crippen LogP) is 3.99. The van der Waals surface area contributed by atoms with Crippen molar-refractivity contribution < 1.29 is 28.9 Å². The van der Waals surface area contributed by atoms with E-state index < -0.39 is 28.5 Å². The first-order valence-corrected chi connectivity index (χ1v) is 11.6. The number of hydrogen-bond donors (Lipinski definition) is 1.